The van der Waals surface area contributed by atoms with Gasteiger partial charge in [-0.1, -0.05) is 6.92 Å². The standard InChI is InChI=1S/C13H18FNO2/c1-4-7-15(9(2)3)10-5-6-11(13(16)17)12(14)8-10/h5-6,8-9H,4,7H2,1-3H3,(H,16,17). The highest BCUT2D eigenvalue weighted by Gasteiger charge is 2.14. The van der Waals surface area contributed by atoms with Gasteiger partial charge < -0.3 is 10.0 Å². The van der Waals surface area contributed by atoms with Gasteiger partial charge in [0.25, 0.3) is 0 Å². The molecule has 0 heterocycles. The van der Waals surface area contributed by atoms with Gasteiger partial charge in [0.05, 0.1) is 5.56 Å². The SMILES string of the molecule is CCCN(c1ccc(C(=O)O)c(F)c1)C(C)C. The molecule has 1 N–H and O–H groups in total. The number of carboxylic acids is 1. The first-order valence-corrected chi connectivity index (χ1v) is 5.76. The molecule has 0 spiro atoms. The lowest BCUT2D eigenvalue weighted by Crippen LogP contribution is -2.31. The molecule has 3 nitrogen and oxygen atoms in total. The number of benzene rings is 1. The number of anilines is 1. The summed E-state index contributed by atoms with van der Waals surface area (Å²) in [7, 11) is 0. The Morgan fingerprint density at radius 1 is 1.47 bits per heavy atom. The second kappa shape index (κ2) is 5.66. The van der Waals surface area contributed by atoms with Crippen molar-refractivity contribution in [3.8, 4) is 0 Å². The molecule has 0 saturated heterocycles. The van der Waals surface area contributed by atoms with Gasteiger partial charge >= 0.3 is 5.97 Å². The van der Waals surface area contributed by atoms with E-state index in [1.54, 1.807) is 6.07 Å². The van der Waals surface area contributed by atoms with Crippen molar-refractivity contribution in [2.24, 2.45) is 0 Å². The zero-order chi connectivity index (χ0) is 13.0. The molecule has 0 fully saturated rings. The normalized spacial score (nSPS) is 10.6. The van der Waals surface area contributed by atoms with Crippen molar-refractivity contribution in [3.05, 3.63) is 29.6 Å². The van der Waals surface area contributed by atoms with E-state index in [4.69, 9.17) is 5.11 Å². The van der Waals surface area contributed by atoms with Crippen LogP contribution in [-0.2, 0) is 0 Å². The maximum absolute atomic E-state index is 13.6. The third kappa shape index (κ3) is 3.19. The van der Waals surface area contributed by atoms with Gasteiger partial charge in [-0.2, -0.15) is 0 Å². The molecule has 0 aliphatic rings. The minimum atomic E-state index is -1.24. The van der Waals surface area contributed by atoms with E-state index in [2.05, 4.69) is 11.8 Å². The summed E-state index contributed by atoms with van der Waals surface area (Å²) in [5.41, 5.74) is 0.443. The zero-order valence-electron chi connectivity index (χ0n) is 10.4. The third-order valence-electron chi connectivity index (χ3n) is 2.60. The van der Waals surface area contributed by atoms with Crippen LogP contribution in [0, 0.1) is 5.82 Å². The van der Waals surface area contributed by atoms with Crippen LogP contribution >= 0.6 is 0 Å². The predicted octanol–water partition coefficient (Wildman–Crippen LogP) is 3.15. The minimum absolute atomic E-state index is 0.255. The molecule has 0 aliphatic heterocycles. The van der Waals surface area contributed by atoms with Crippen LogP contribution in [0.25, 0.3) is 0 Å². The fourth-order valence-electron chi connectivity index (χ4n) is 1.78. The first-order chi connectivity index (χ1) is 7.97. The number of hydrogen-bond donors (Lipinski definition) is 1. The van der Waals surface area contributed by atoms with E-state index in [1.807, 2.05) is 13.8 Å². The molecule has 17 heavy (non-hydrogen) atoms. The molecule has 0 saturated carbocycles. The average molecular weight is 239 g/mol. The summed E-state index contributed by atoms with van der Waals surface area (Å²) in [6.07, 6.45) is 0.959. The van der Waals surface area contributed by atoms with Gasteiger partial charge in [-0.3, -0.25) is 0 Å². The van der Waals surface area contributed by atoms with E-state index >= 15 is 0 Å². The quantitative estimate of drug-likeness (QED) is 0.858. The lowest BCUT2D eigenvalue weighted by molar-refractivity contribution is 0.0692. The summed E-state index contributed by atoms with van der Waals surface area (Å²) in [5.74, 6) is -1.92. The summed E-state index contributed by atoms with van der Waals surface area (Å²) in [4.78, 5) is 12.8. The number of carbonyl (C=O) groups is 1. The fourth-order valence-corrected chi connectivity index (χ4v) is 1.78. The highest BCUT2D eigenvalue weighted by molar-refractivity contribution is 5.88. The van der Waals surface area contributed by atoms with E-state index in [0.717, 1.165) is 18.7 Å². The Bertz CT molecular complexity index is 404. The largest absolute Gasteiger partial charge is 0.478 e. The Kier molecular flexibility index (Phi) is 4.49. The number of carboxylic acid groups (broad SMARTS) is 1. The third-order valence-corrected chi connectivity index (χ3v) is 2.60. The Balaban J connectivity index is 3.06. The molecule has 4 heteroatoms. The maximum atomic E-state index is 13.6. The molecular weight excluding hydrogens is 221 g/mol. The molecule has 94 valence electrons. The van der Waals surface area contributed by atoms with Crippen LogP contribution in [0.2, 0.25) is 0 Å². The zero-order valence-corrected chi connectivity index (χ0v) is 10.4. The monoisotopic (exact) mass is 239 g/mol. The molecule has 0 unspecified atom stereocenters. The lowest BCUT2D eigenvalue weighted by atomic mass is 10.1. The number of hydrogen-bond acceptors (Lipinski definition) is 2. The van der Waals surface area contributed by atoms with Crippen LogP contribution in [0.15, 0.2) is 18.2 Å². The Labute approximate surface area is 101 Å². The molecular formula is C13H18FNO2. The van der Waals surface area contributed by atoms with E-state index in [0.29, 0.717) is 0 Å². The molecule has 1 aromatic carbocycles. The molecule has 1 rings (SSSR count). The molecule has 0 radical (unpaired) electrons. The maximum Gasteiger partial charge on any atom is 0.338 e. The van der Waals surface area contributed by atoms with Crippen molar-refractivity contribution in [2.75, 3.05) is 11.4 Å². The van der Waals surface area contributed by atoms with Crippen LogP contribution in [0.5, 0.6) is 0 Å². The first kappa shape index (κ1) is 13.5. The van der Waals surface area contributed by atoms with Crippen LogP contribution in [0.1, 0.15) is 37.6 Å². The molecule has 0 amide bonds. The van der Waals surface area contributed by atoms with Crippen LogP contribution < -0.4 is 4.90 Å². The molecule has 0 atom stereocenters. The Morgan fingerprint density at radius 3 is 2.53 bits per heavy atom. The van der Waals surface area contributed by atoms with Gasteiger partial charge in [0.1, 0.15) is 5.82 Å². The van der Waals surface area contributed by atoms with E-state index in [-0.39, 0.29) is 11.6 Å². The van der Waals surface area contributed by atoms with E-state index in [1.165, 1.54) is 12.1 Å². The van der Waals surface area contributed by atoms with Crippen LogP contribution in [0.3, 0.4) is 0 Å². The fraction of sp³-hybridized carbons (Fsp3) is 0.462. The van der Waals surface area contributed by atoms with Crippen LogP contribution in [-0.4, -0.2) is 23.7 Å². The van der Waals surface area contributed by atoms with Crippen LogP contribution in [0.4, 0.5) is 10.1 Å². The Hall–Kier alpha value is -1.58. The second-order valence-electron chi connectivity index (χ2n) is 4.26. The molecule has 0 aromatic heterocycles. The minimum Gasteiger partial charge on any atom is -0.478 e. The summed E-state index contributed by atoms with van der Waals surface area (Å²) in [5, 5.41) is 8.75. The number of halogens is 1. The highest BCUT2D eigenvalue weighted by Crippen LogP contribution is 2.21. The smallest absolute Gasteiger partial charge is 0.338 e. The summed E-state index contributed by atoms with van der Waals surface area (Å²) in [6.45, 7) is 6.93. The van der Waals surface area contributed by atoms with Crippen molar-refractivity contribution in [1.29, 1.82) is 0 Å². The van der Waals surface area contributed by atoms with Gasteiger partial charge in [-0.25, -0.2) is 9.18 Å². The number of aromatic carboxylic acids is 1. The van der Waals surface area contributed by atoms with Crippen molar-refractivity contribution in [2.45, 2.75) is 33.2 Å². The predicted molar refractivity (Wildman–Crippen MR) is 66.1 cm³/mol. The highest BCUT2D eigenvalue weighted by atomic mass is 19.1. The first-order valence-electron chi connectivity index (χ1n) is 5.76. The average Bonchev–Trinajstić information content (AvgIpc) is 2.24. The van der Waals surface area contributed by atoms with Crippen molar-refractivity contribution < 1.29 is 14.3 Å². The Morgan fingerprint density at radius 2 is 2.12 bits per heavy atom. The van der Waals surface area contributed by atoms with Crippen molar-refractivity contribution >= 4 is 11.7 Å². The molecule has 0 bridgehead atoms. The number of rotatable bonds is 5. The van der Waals surface area contributed by atoms with Gasteiger partial charge in [-0.05, 0) is 38.5 Å². The van der Waals surface area contributed by atoms with Gasteiger partial charge in [0, 0.05) is 18.3 Å². The van der Waals surface area contributed by atoms with Crippen molar-refractivity contribution in [3.63, 3.8) is 0 Å². The second-order valence-corrected chi connectivity index (χ2v) is 4.26. The van der Waals surface area contributed by atoms with Gasteiger partial charge in [-0.15, -0.1) is 0 Å². The van der Waals surface area contributed by atoms with Gasteiger partial charge in [0.15, 0.2) is 0 Å². The lowest BCUT2D eigenvalue weighted by Gasteiger charge is -2.28. The van der Waals surface area contributed by atoms with Crippen molar-refractivity contribution in [1.82, 2.24) is 0 Å². The molecule has 0 aliphatic carbocycles. The van der Waals surface area contributed by atoms with E-state index in [9.17, 15) is 9.18 Å². The molecule has 1 aromatic rings. The number of nitrogens with zero attached hydrogens (tertiary/aromatic N) is 1. The van der Waals surface area contributed by atoms with Gasteiger partial charge in [0.2, 0.25) is 0 Å². The topological polar surface area (TPSA) is 40.5 Å². The summed E-state index contributed by atoms with van der Waals surface area (Å²) < 4.78 is 13.6. The summed E-state index contributed by atoms with van der Waals surface area (Å²) in [6, 6.07) is 4.52. The van der Waals surface area contributed by atoms with E-state index < -0.39 is 11.8 Å². The summed E-state index contributed by atoms with van der Waals surface area (Å²) >= 11 is 0.